The van der Waals surface area contributed by atoms with Gasteiger partial charge in [-0.2, -0.15) is 0 Å². The van der Waals surface area contributed by atoms with Gasteiger partial charge in [-0.1, -0.05) is 48.5 Å². The molecule has 2 atom stereocenters. The molecule has 2 amide bonds. The lowest BCUT2D eigenvalue weighted by molar-refractivity contribution is -0.152. The van der Waals surface area contributed by atoms with Gasteiger partial charge in [0.25, 0.3) is 0 Å². The van der Waals surface area contributed by atoms with Crippen molar-refractivity contribution in [2.45, 2.75) is 11.8 Å². The number of halogens is 1. The van der Waals surface area contributed by atoms with E-state index in [4.69, 9.17) is 4.74 Å². The molecular weight excluding hydrogens is 449 g/mol. The molecule has 2 bridgehead atoms. The number of nitrogens with zero attached hydrogens (tertiary/aromatic N) is 1. The zero-order valence-electron chi connectivity index (χ0n) is 18.5. The molecule has 0 spiro atoms. The number of amides is 2. The zero-order chi connectivity index (χ0) is 24.3. The molecule has 0 aromatic heterocycles. The Bertz CT molecular complexity index is 1280. The molecule has 1 aliphatic heterocycles. The molecule has 0 radical (unpaired) electrons. The van der Waals surface area contributed by atoms with E-state index in [9.17, 15) is 23.6 Å². The fraction of sp³-hybridized carbons (Fsp3) is 0.214. The number of rotatable bonds is 5. The Labute approximate surface area is 200 Å². The topological polar surface area (TPSA) is 80.8 Å². The normalized spacial score (nSPS) is 23.5. The SMILES string of the molecule is O=C(CN1C(=O)[C@@H]2C3c4ccccc4C(c4ccccc43)[C@H]2C1=O)OCC(=O)c1ccc(F)cc1. The number of hydrogen-bond acceptors (Lipinski definition) is 5. The molecule has 1 saturated heterocycles. The summed E-state index contributed by atoms with van der Waals surface area (Å²) in [6.45, 7) is -1.11. The molecule has 3 aromatic rings. The first-order valence-electron chi connectivity index (χ1n) is 11.4. The minimum atomic E-state index is -0.844. The Morgan fingerprint density at radius 2 is 1.20 bits per heavy atom. The van der Waals surface area contributed by atoms with E-state index in [1.54, 1.807) is 0 Å². The van der Waals surface area contributed by atoms with Crippen molar-refractivity contribution in [2.75, 3.05) is 13.2 Å². The Hall–Kier alpha value is -4.13. The molecule has 7 rings (SSSR count). The number of ether oxygens (including phenoxy) is 1. The maximum absolute atomic E-state index is 13.5. The smallest absolute Gasteiger partial charge is 0.326 e. The highest BCUT2D eigenvalue weighted by Gasteiger charge is 2.61. The molecule has 3 aromatic carbocycles. The third kappa shape index (κ3) is 3.22. The Balaban J connectivity index is 1.23. The number of carbonyl (C=O) groups is 4. The first-order chi connectivity index (χ1) is 17.0. The van der Waals surface area contributed by atoms with Gasteiger partial charge in [0.1, 0.15) is 12.4 Å². The third-order valence-electron chi connectivity index (χ3n) is 7.36. The number of likely N-dealkylation sites (tertiary alicyclic amines) is 1. The van der Waals surface area contributed by atoms with E-state index in [2.05, 4.69) is 0 Å². The van der Waals surface area contributed by atoms with Gasteiger partial charge in [0.15, 0.2) is 12.4 Å². The Kier molecular flexibility index (Phi) is 4.88. The van der Waals surface area contributed by atoms with E-state index in [1.165, 1.54) is 12.1 Å². The second kappa shape index (κ2) is 7.98. The van der Waals surface area contributed by atoms with Crippen LogP contribution in [-0.2, 0) is 19.1 Å². The summed E-state index contributed by atoms with van der Waals surface area (Å²) in [6, 6.07) is 20.7. The van der Waals surface area contributed by atoms with Gasteiger partial charge >= 0.3 is 5.97 Å². The zero-order valence-corrected chi connectivity index (χ0v) is 18.5. The summed E-state index contributed by atoms with van der Waals surface area (Å²) >= 11 is 0. The number of carbonyl (C=O) groups excluding carboxylic acids is 4. The number of imide groups is 1. The Morgan fingerprint density at radius 3 is 1.66 bits per heavy atom. The van der Waals surface area contributed by atoms with E-state index in [1.807, 2.05) is 48.5 Å². The number of ketones is 1. The quantitative estimate of drug-likeness (QED) is 0.325. The van der Waals surface area contributed by atoms with Gasteiger partial charge in [-0.15, -0.1) is 0 Å². The van der Waals surface area contributed by atoms with Crippen molar-refractivity contribution in [3.05, 3.63) is 106 Å². The predicted octanol–water partition coefficient (Wildman–Crippen LogP) is 3.44. The van der Waals surface area contributed by atoms with Gasteiger partial charge in [-0.3, -0.25) is 24.1 Å². The average Bonchev–Trinajstić information content (AvgIpc) is 3.13. The van der Waals surface area contributed by atoms with Crippen molar-refractivity contribution in [3.8, 4) is 0 Å². The van der Waals surface area contributed by atoms with Crippen LogP contribution in [0.2, 0.25) is 0 Å². The molecule has 35 heavy (non-hydrogen) atoms. The van der Waals surface area contributed by atoms with Crippen LogP contribution in [0.1, 0.15) is 44.4 Å². The lowest BCUT2D eigenvalue weighted by Gasteiger charge is -2.45. The summed E-state index contributed by atoms with van der Waals surface area (Å²) in [5, 5.41) is 0. The van der Waals surface area contributed by atoms with Crippen LogP contribution in [0.4, 0.5) is 4.39 Å². The molecule has 0 unspecified atom stereocenters. The molecule has 6 nitrogen and oxygen atoms in total. The van der Waals surface area contributed by atoms with Gasteiger partial charge < -0.3 is 4.74 Å². The van der Waals surface area contributed by atoms with Crippen LogP contribution in [0.25, 0.3) is 0 Å². The summed E-state index contributed by atoms with van der Waals surface area (Å²) in [7, 11) is 0. The largest absolute Gasteiger partial charge is 0.456 e. The van der Waals surface area contributed by atoms with E-state index in [-0.39, 0.29) is 29.2 Å². The highest BCUT2D eigenvalue weighted by molar-refractivity contribution is 6.09. The molecule has 174 valence electrons. The second-order valence-electron chi connectivity index (χ2n) is 9.12. The van der Waals surface area contributed by atoms with Crippen LogP contribution in [0.15, 0.2) is 72.8 Å². The highest BCUT2D eigenvalue weighted by atomic mass is 19.1. The third-order valence-corrected chi connectivity index (χ3v) is 7.36. The number of esters is 1. The fourth-order valence-electron chi connectivity index (χ4n) is 5.93. The van der Waals surface area contributed by atoms with Gasteiger partial charge in [0, 0.05) is 17.4 Å². The number of hydrogen-bond donors (Lipinski definition) is 0. The van der Waals surface area contributed by atoms with E-state index < -0.39 is 42.6 Å². The predicted molar refractivity (Wildman–Crippen MR) is 122 cm³/mol. The lowest BCUT2D eigenvalue weighted by atomic mass is 9.55. The van der Waals surface area contributed by atoms with Crippen LogP contribution in [0.3, 0.4) is 0 Å². The van der Waals surface area contributed by atoms with E-state index in [0.717, 1.165) is 39.3 Å². The van der Waals surface area contributed by atoms with Crippen molar-refractivity contribution in [2.24, 2.45) is 11.8 Å². The maximum atomic E-state index is 13.5. The molecule has 3 aliphatic carbocycles. The van der Waals surface area contributed by atoms with Crippen molar-refractivity contribution in [3.63, 3.8) is 0 Å². The molecule has 0 saturated carbocycles. The van der Waals surface area contributed by atoms with Gasteiger partial charge in [0.05, 0.1) is 11.8 Å². The summed E-state index contributed by atoms with van der Waals surface area (Å²) in [5.41, 5.74) is 4.40. The number of Topliss-reactive ketones (excluding diaryl/α,β-unsaturated/α-hetero) is 1. The van der Waals surface area contributed by atoms with Gasteiger partial charge in [0.2, 0.25) is 11.8 Å². The first-order valence-corrected chi connectivity index (χ1v) is 11.4. The maximum Gasteiger partial charge on any atom is 0.326 e. The standard InChI is InChI=1S/C28H20FNO5/c29-16-11-9-15(10-12-16)21(31)14-35-22(32)13-30-27(33)25-23-17-5-1-2-6-18(17)24(26(25)28(30)34)20-8-4-3-7-19(20)23/h1-12,23-26H,13-14H2/t23?,24?,25-,26-/m1/s1. The molecule has 1 heterocycles. The summed E-state index contributed by atoms with van der Waals surface area (Å²) < 4.78 is 18.1. The van der Waals surface area contributed by atoms with E-state index in [0.29, 0.717) is 0 Å². The summed E-state index contributed by atoms with van der Waals surface area (Å²) in [4.78, 5) is 52.7. The molecular formula is C28H20FNO5. The first kappa shape index (κ1) is 21.4. The van der Waals surface area contributed by atoms with Crippen LogP contribution in [0.5, 0.6) is 0 Å². The molecule has 0 N–H and O–H groups in total. The highest BCUT2D eigenvalue weighted by Crippen LogP contribution is 2.60. The van der Waals surface area contributed by atoms with Crippen LogP contribution < -0.4 is 0 Å². The van der Waals surface area contributed by atoms with Crippen molar-refractivity contribution >= 4 is 23.6 Å². The van der Waals surface area contributed by atoms with Gasteiger partial charge in [-0.25, -0.2) is 4.39 Å². The van der Waals surface area contributed by atoms with Crippen LogP contribution >= 0.6 is 0 Å². The minimum Gasteiger partial charge on any atom is -0.456 e. The lowest BCUT2D eigenvalue weighted by Crippen LogP contribution is -2.41. The molecule has 4 aliphatic rings. The van der Waals surface area contributed by atoms with Gasteiger partial charge in [-0.05, 0) is 46.5 Å². The Morgan fingerprint density at radius 1 is 0.743 bits per heavy atom. The van der Waals surface area contributed by atoms with Crippen molar-refractivity contribution < 1.29 is 28.3 Å². The monoisotopic (exact) mass is 469 g/mol. The van der Waals surface area contributed by atoms with Crippen LogP contribution in [0, 0.1) is 17.7 Å². The summed E-state index contributed by atoms with van der Waals surface area (Å²) in [6.07, 6.45) is 0. The fourth-order valence-corrected chi connectivity index (χ4v) is 5.93. The van der Waals surface area contributed by atoms with E-state index >= 15 is 0 Å². The summed E-state index contributed by atoms with van der Waals surface area (Å²) in [5.74, 6) is -4.27. The molecule has 7 heteroatoms. The average molecular weight is 469 g/mol. The second-order valence-corrected chi connectivity index (χ2v) is 9.12. The minimum absolute atomic E-state index is 0.200. The van der Waals surface area contributed by atoms with Crippen molar-refractivity contribution in [1.29, 1.82) is 0 Å². The van der Waals surface area contributed by atoms with Crippen molar-refractivity contribution in [1.82, 2.24) is 4.90 Å². The molecule has 1 fully saturated rings. The number of benzene rings is 3. The van der Waals surface area contributed by atoms with Crippen LogP contribution in [-0.4, -0.2) is 41.6 Å².